The number of anilines is 1. The second kappa shape index (κ2) is 6.95. The van der Waals surface area contributed by atoms with Gasteiger partial charge in [0, 0.05) is 18.0 Å². The molecule has 0 spiro atoms. The van der Waals surface area contributed by atoms with Crippen molar-refractivity contribution in [3.05, 3.63) is 52.0 Å². The van der Waals surface area contributed by atoms with Gasteiger partial charge in [0.2, 0.25) is 11.7 Å². The van der Waals surface area contributed by atoms with E-state index in [0.717, 1.165) is 6.07 Å². The normalized spacial score (nSPS) is 10.1. The molecule has 1 aromatic heterocycles. The Labute approximate surface area is 129 Å². The van der Waals surface area contributed by atoms with Crippen LogP contribution in [0.3, 0.4) is 0 Å². The van der Waals surface area contributed by atoms with Crippen molar-refractivity contribution in [3.63, 3.8) is 0 Å². The van der Waals surface area contributed by atoms with Crippen molar-refractivity contribution in [2.24, 2.45) is 0 Å². The Balaban J connectivity index is 2.00. The molecule has 0 radical (unpaired) electrons. The molecule has 0 saturated carbocycles. The van der Waals surface area contributed by atoms with Gasteiger partial charge in [-0.3, -0.25) is 9.59 Å². The van der Waals surface area contributed by atoms with Crippen molar-refractivity contribution >= 4 is 34.7 Å². The summed E-state index contributed by atoms with van der Waals surface area (Å²) in [6.07, 6.45) is 0. The van der Waals surface area contributed by atoms with Gasteiger partial charge in [0.25, 0.3) is 0 Å². The Morgan fingerprint density at radius 1 is 1.27 bits per heavy atom. The molecule has 0 atom stereocenters. The molecule has 0 aliphatic heterocycles. The molecule has 1 amide bonds. The van der Waals surface area contributed by atoms with E-state index in [1.165, 1.54) is 30.4 Å². The third-order valence-electron chi connectivity index (χ3n) is 2.68. The van der Waals surface area contributed by atoms with E-state index >= 15 is 0 Å². The Bertz CT molecular complexity index is 712. The number of ketones is 1. The molecule has 0 aliphatic rings. The highest BCUT2D eigenvalue weighted by molar-refractivity contribution is 7.08. The Morgan fingerprint density at radius 3 is 2.64 bits per heavy atom. The molecule has 7 heteroatoms. The number of nitrogens with one attached hydrogen (secondary N) is 1. The highest BCUT2D eigenvalue weighted by Gasteiger charge is 2.16. The maximum absolute atomic E-state index is 13.8. The first-order chi connectivity index (χ1) is 10.5. The highest BCUT2D eigenvalue weighted by Crippen LogP contribution is 2.16. The van der Waals surface area contributed by atoms with Crippen LogP contribution in [0.4, 0.5) is 10.1 Å². The highest BCUT2D eigenvalue weighted by atomic mass is 32.1. The van der Waals surface area contributed by atoms with Crippen molar-refractivity contribution in [1.82, 2.24) is 0 Å². The molecule has 22 heavy (non-hydrogen) atoms. The molecule has 0 unspecified atom stereocenters. The average Bonchev–Trinajstić information content (AvgIpc) is 2.98. The van der Waals surface area contributed by atoms with Crippen LogP contribution in [0, 0.1) is 5.82 Å². The molecule has 2 rings (SSSR count). The zero-order chi connectivity index (χ0) is 16.1. The fourth-order valence-electron chi connectivity index (χ4n) is 1.70. The van der Waals surface area contributed by atoms with Crippen LogP contribution in [0.15, 0.2) is 35.0 Å². The maximum atomic E-state index is 13.8. The monoisotopic (exact) mass is 321 g/mol. The van der Waals surface area contributed by atoms with Crippen molar-refractivity contribution in [1.29, 1.82) is 0 Å². The van der Waals surface area contributed by atoms with Crippen LogP contribution in [0.25, 0.3) is 0 Å². The number of carbonyl (C=O) groups excluding carboxylic acids is 3. The summed E-state index contributed by atoms with van der Waals surface area (Å²) in [6, 6.07) is 5.25. The first-order valence-electron chi connectivity index (χ1n) is 6.27. The SMILES string of the molecule is CC(=O)Nc1ccc(C(=O)COC(=O)c2ccsc2)c(F)c1. The lowest BCUT2D eigenvalue weighted by molar-refractivity contribution is -0.114. The molecular formula is C15H12FNO4S. The summed E-state index contributed by atoms with van der Waals surface area (Å²) in [5.41, 5.74) is 0.392. The van der Waals surface area contributed by atoms with Crippen LogP contribution in [0.5, 0.6) is 0 Å². The van der Waals surface area contributed by atoms with E-state index in [1.807, 2.05) is 0 Å². The van der Waals surface area contributed by atoms with Crippen LogP contribution >= 0.6 is 11.3 Å². The molecule has 0 saturated heterocycles. The fraction of sp³-hybridized carbons (Fsp3) is 0.133. The van der Waals surface area contributed by atoms with E-state index in [-0.39, 0.29) is 17.2 Å². The summed E-state index contributed by atoms with van der Waals surface area (Å²) in [4.78, 5) is 34.3. The molecule has 1 aromatic carbocycles. The van der Waals surface area contributed by atoms with Gasteiger partial charge in [-0.25, -0.2) is 9.18 Å². The minimum Gasteiger partial charge on any atom is -0.454 e. The summed E-state index contributed by atoms with van der Waals surface area (Å²) in [5, 5.41) is 5.71. The van der Waals surface area contributed by atoms with Gasteiger partial charge < -0.3 is 10.1 Å². The third-order valence-corrected chi connectivity index (χ3v) is 3.36. The van der Waals surface area contributed by atoms with Crippen LogP contribution in [-0.4, -0.2) is 24.3 Å². The summed E-state index contributed by atoms with van der Waals surface area (Å²) in [7, 11) is 0. The van der Waals surface area contributed by atoms with E-state index in [0.29, 0.717) is 5.56 Å². The smallest absolute Gasteiger partial charge is 0.339 e. The van der Waals surface area contributed by atoms with Crippen molar-refractivity contribution in [2.45, 2.75) is 6.92 Å². The minimum atomic E-state index is -0.789. The number of halogens is 1. The van der Waals surface area contributed by atoms with Gasteiger partial charge >= 0.3 is 5.97 Å². The van der Waals surface area contributed by atoms with Gasteiger partial charge in [-0.1, -0.05) is 0 Å². The number of hydrogen-bond acceptors (Lipinski definition) is 5. The Kier molecular flexibility index (Phi) is 5.00. The van der Waals surface area contributed by atoms with Gasteiger partial charge in [-0.2, -0.15) is 11.3 Å². The van der Waals surface area contributed by atoms with E-state index in [9.17, 15) is 18.8 Å². The minimum absolute atomic E-state index is 0.202. The predicted molar refractivity (Wildman–Crippen MR) is 79.6 cm³/mol. The zero-order valence-electron chi connectivity index (χ0n) is 11.6. The van der Waals surface area contributed by atoms with Crippen molar-refractivity contribution in [3.8, 4) is 0 Å². The first-order valence-corrected chi connectivity index (χ1v) is 7.21. The molecule has 1 heterocycles. The molecule has 2 aromatic rings. The van der Waals surface area contributed by atoms with Gasteiger partial charge in [-0.15, -0.1) is 0 Å². The van der Waals surface area contributed by atoms with E-state index in [2.05, 4.69) is 5.32 Å². The number of carbonyl (C=O) groups is 3. The van der Waals surface area contributed by atoms with Gasteiger partial charge in [0.15, 0.2) is 6.61 Å². The molecule has 5 nitrogen and oxygen atoms in total. The van der Waals surface area contributed by atoms with Gasteiger partial charge in [-0.05, 0) is 29.6 Å². The lowest BCUT2D eigenvalue weighted by Gasteiger charge is -2.07. The fourth-order valence-corrected chi connectivity index (χ4v) is 2.32. The van der Waals surface area contributed by atoms with E-state index in [4.69, 9.17) is 4.74 Å². The van der Waals surface area contributed by atoms with Crippen LogP contribution in [-0.2, 0) is 9.53 Å². The number of Topliss-reactive ketones (excluding diaryl/α,β-unsaturated/α-hetero) is 1. The Morgan fingerprint density at radius 2 is 2.05 bits per heavy atom. The lowest BCUT2D eigenvalue weighted by atomic mass is 10.1. The summed E-state index contributed by atoms with van der Waals surface area (Å²) < 4.78 is 18.7. The van der Waals surface area contributed by atoms with E-state index in [1.54, 1.807) is 16.8 Å². The largest absolute Gasteiger partial charge is 0.454 e. The molecule has 114 valence electrons. The second-order valence-corrected chi connectivity index (χ2v) is 5.17. The first kappa shape index (κ1) is 15.8. The van der Waals surface area contributed by atoms with E-state index < -0.39 is 24.2 Å². The molecule has 0 aliphatic carbocycles. The predicted octanol–water partition coefficient (Wildman–Crippen LogP) is 2.89. The number of amides is 1. The average molecular weight is 321 g/mol. The second-order valence-electron chi connectivity index (χ2n) is 4.39. The maximum Gasteiger partial charge on any atom is 0.339 e. The number of hydrogen-bond donors (Lipinski definition) is 1. The zero-order valence-corrected chi connectivity index (χ0v) is 12.4. The summed E-state index contributed by atoms with van der Waals surface area (Å²) >= 11 is 1.33. The lowest BCUT2D eigenvalue weighted by Crippen LogP contribution is -2.15. The van der Waals surface area contributed by atoms with Crippen LogP contribution in [0.2, 0.25) is 0 Å². The number of ether oxygens (including phenoxy) is 1. The quantitative estimate of drug-likeness (QED) is 0.679. The number of benzene rings is 1. The molecule has 0 bridgehead atoms. The summed E-state index contributed by atoms with van der Waals surface area (Å²) in [5.74, 6) is -2.42. The van der Waals surface area contributed by atoms with Gasteiger partial charge in [0.05, 0.1) is 11.1 Å². The number of rotatable bonds is 5. The molecular weight excluding hydrogens is 309 g/mol. The standard InChI is InChI=1S/C15H12FNO4S/c1-9(18)17-11-2-3-12(13(16)6-11)14(19)7-21-15(20)10-4-5-22-8-10/h2-6,8H,7H2,1H3,(H,17,18). The van der Waals surface area contributed by atoms with Crippen molar-refractivity contribution in [2.75, 3.05) is 11.9 Å². The Hall–Kier alpha value is -2.54. The van der Waals surface area contributed by atoms with Crippen LogP contribution in [0.1, 0.15) is 27.6 Å². The molecule has 0 fully saturated rings. The number of esters is 1. The third kappa shape index (κ3) is 3.98. The topological polar surface area (TPSA) is 72.5 Å². The number of thiophene rings is 1. The van der Waals surface area contributed by atoms with Gasteiger partial charge in [0.1, 0.15) is 5.82 Å². The molecule has 1 N–H and O–H groups in total. The summed E-state index contributed by atoms with van der Waals surface area (Å²) in [6.45, 7) is 0.742. The van der Waals surface area contributed by atoms with Crippen molar-refractivity contribution < 1.29 is 23.5 Å². The van der Waals surface area contributed by atoms with Crippen LogP contribution < -0.4 is 5.32 Å².